The summed E-state index contributed by atoms with van der Waals surface area (Å²) in [5.41, 5.74) is 3.96. The lowest BCUT2D eigenvalue weighted by Crippen LogP contribution is -2.40. The van der Waals surface area contributed by atoms with Crippen LogP contribution in [0.3, 0.4) is 0 Å². The van der Waals surface area contributed by atoms with Crippen molar-refractivity contribution in [3.63, 3.8) is 0 Å². The first-order valence-electron chi connectivity index (χ1n) is 10.3. The highest BCUT2D eigenvalue weighted by Gasteiger charge is 2.25. The van der Waals surface area contributed by atoms with Crippen molar-refractivity contribution in [3.05, 3.63) is 64.7 Å². The number of benzene rings is 2. The molecule has 0 unspecified atom stereocenters. The van der Waals surface area contributed by atoms with Crippen molar-refractivity contribution in [2.24, 2.45) is 0 Å². The summed E-state index contributed by atoms with van der Waals surface area (Å²) in [4.78, 5) is 17.2. The highest BCUT2D eigenvalue weighted by atomic mass is 19.2. The smallest absolute Gasteiger partial charge is 0.251 e. The van der Waals surface area contributed by atoms with Crippen LogP contribution in [-0.4, -0.2) is 44.0 Å². The molecule has 0 spiro atoms. The predicted molar refractivity (Wildman–Crippen MR) is 110 cm³/mol. The molecule has 0 saturated carbocycles. The van der Waals surface area contributed by atoms with Crippen molar-refractivity contribution < 1.29 is 13.6 Å². The summed E-state index contributed by atoms with van der Waals surface area (Å²) < 4.78 is 26.6. The minimum atomic E-state index is -1.01. The van der Waals surface area contributed by atoms with E-state index in [0.29, 0.717) is 6.54 Å². The van der Waals surface area contributed by atoms with Gasteiger partial charge in [0.15, 0.2) is 11.6 Å². The van der Waals surface area contributed by atoms with E-state index in [4.69, 9.17) is 0 Å². The first-order chi connectivity index (χ1) is 14.0. The number of rotatable bonds is 5. The van der Waals surface area contributed by atoms with E-state index < -0.39 is 11.6 Å². The minimum Gasteiger partial charge on any atom is -0.374 e. The lowest BCUT2D eigenvalue weighted by atomic mass is 9.98. The van der Waals surface area contributed by atoms with Crippen LogP contribution in [0.1, 0.15) is 46.8 Å². The second-order valence-electron chi connectivity index (χ2n) is 8.01. The molecule has 0 aliphatic carbocycles. The van der Waals surface area contributed by atoms with Gasteiger partial charge in [0.2, 0.25) is 0 Å². The first kappa shape index (κ1) is 19.8. The largest absolute Gasteiger partial charge is 0.374 e. The Balaban J connectivity index is 1.53. The molecule has 0 bridgehead atoms. The molecule has 1 atom stereocenters. The standard InChI is InChI=1S/C23H27F2N3O/c1-27-12-9-17-13-16(6-8-21(17)27)22(28-10-3-2-4-11-28)15-26-23(29)18-5-7-19(24)20(25)14-18/h5-8,13-14,22H,2-4,9-12,15H2,1H3,(H,26,29)/t22-/m0/s1. The van der Waals surface area contributed by atoms with E-state index in [9.17, 15) is 13.6 Å². The van der Waals surface area contributed by atoms with E-state index in [1.165, 1.54) is 29.3 Å². The Morgan fingerprint density at radius 2 is 1.83 bits per heavy atom. The number of hydrogen-bond acceptors (Lipinski definition) is 3. The Bertz CT molecular complexity index is 896. The topological polar surface area (TPSA) is 35.6 Å². The highest BCUT2D eigenvalue weighted by molar-refractivity contribution is 5.94. The van der Waals surface area contributed by atoms with Gasteiger partial charge in [-0.15, -0.1) is 0 Å². The molecule has 2 aliphatic heterocycles. The summed E-state index contributed by atoms with van der Waals surface area (Å²) in [6, 6.07) is 9.92. The van der Waals surface area contributed by atoms with Crippen LogP contribution in [0.15, 0.2) is 36.4 Å². The minimum absolute atomic E-state index is 0.0701. The third-order valence-electron chi connectivity index (χ3n) is 6.09. The quantitative estimate of drug-likeness (QED) is 0.828. The molecule has 29 heavy (non-hydrogen) atoms. The second kappa shape index (κ2) is 8.49. The Kier molecular flexibility index (Phi) is 5.81. The average Bonchev–Trinajstić information content (AvgIpc) is 3.11. The fourth-order valence-corrected chi connectivity index (χ4v) is 4.41. The molecule has 4 nitrogen and oxygen atoms in total. The molecule has 0 aromatic heterocycles. The fraction of sp³-hybridized carbons (Fsp3) is 0.435. The lowest BCUT2D eigenvalue weighted by molar-refractivity contribution is 0.0924. The molecule has 2 aromatic rings. The van der Waals surface area contributed by atoms with Crippen LogP contribution < -0.4 is 10.2 Å². The van der Waals surface area contributed by atoms with E-state index in [1.54, 1.807) is 0 Å². The molecule has 0 radical (unpaired) electrons. The van der Waals surface area contributed by atoms with E-state index in [2.05, 4.69) is 40.4 Å². The van der Waals surface area contributed by atoms with Crippen LogP contribution in [0.25, 0.3) is 0 Å². The van der Waals surface area contributed by atoms with Gasteiger partial charge in [0.25, 0.3) is 5.91 Å². The van der Waals surface area contributed by atoms with E-state index in [-0.39, 0.29) is 17.5 Å². The van der Waals surface area contributed by atoms with Crippen molar-refractivity contribution in [1.29, 1.82) is 0 Å². The summed E-state index contributed by atoms with van der Waals surface area (Å²) in [6.07, 6.45) is 4.58. The van der Waals surface area contributed by atoms with Gasteiger partial charge in [-0.1, -0.05) is 18.6 Å². The van der Waals surface area contributed by atoms with Crippen molar-refractivity contribution in [3.8, 4) is 0 Å². The van der Waals surface area contributed by atoms with Crippen LogP contribution in [0.5, 0.6) is 0 Å². The summed E-state index contributed by atoms with van der Waals surface area (Å²) in [6.45, 7) is 3.47. The van der Waals surface area contributed by atoms with Crippen LogP contribution in [0, 0.1) is 11.6 Å². The Labute approximate surface area is 170 Å². The molecule has 6 heteroatoms. The van der Waals surface area contributed by atoms with Gasteiger partial charge in [-0.3, -0.25) is 9.69 Å². The molecule has 4 rings (SSSR count). The van der Waals surface area contributed by atoms with Gasteiger partial charge in [-0.2, -0.15) is 0 Å². The zero-order valence-electron chi connectivity index (χ0n) is 16.8. The zero-order valence-corrected chi connectivity index (χ0v) is 16.8. The summed E-state index contributed by atoms with van der Waals surface area (Å²) in [7, 11) is 2.11. The molecular weight excluding hydrogens is 372 g/mol. The van der Waals surface area contributed by atoms with Gasteiger partial charge in [0, 0.05) is 31.4 Å². The van der Waals surface area contributed by atoms with Gasteiger partial charge in [-0.05, 0) is 67.7 Å². The van der Waals surface area contributed by atoms with Crippen molar-refractivity contribution in [1.82, 2.24) is 10.2 Å². The SMILES string of the molecule is CN1CCc2cc([C@H](CNC(=O)c3ccc(F)c(F)c3)N3CCCCC3)ccc21. The maximum absolute atomic E-state index is 13.5. The number of carbonyl (C=O) groups excluding carboxylic acids is 1. The summed E-state index contributed by atoms with van der Waals surface area (Å²) in [5.74, 6) is -2.34. The molecule has 2 aromatic carbocycles. The molecule has 1 N–H and O–H groups in total. The maximum Gasteiger partial charge on any atom is 0.251 e. The number of amides is 1. The Hall–Kier alpha value is -2.47. The third-order valence-corrected chi connectivity index (χ3v) is 6.09. The highest BCUT2D eigenvalue weighted by Crippen LogP contribution is 2.32. The average molecular weight is 399 g/mol. The van der Waals surface area contributed by atoms with E-state index in [0.717, 1.165) is 51.0 Å². The number of fused-ring (bicyclic) bond motifs is 1. The number of hydrogen-bond donors (Lipinski definition) is 1. The van der Waals surface area contributed by atoms with Crippen LogP contribution in [-0.2, 0) is 6.42 Å². The normalized spacial score (nSPS) is 17.8. The predicted octanol–water partition coefficient (Wildman–Crippen LogP) is 3.91. The number of likely N-dealkylation sites (tertiary alicyclic amines) is 1. The van der Waals surface area contributed by atoms with Crippen LogP contribution >= 0.6 is 0 Å². The number of carbonyl (C=O) groups is 1. The summed E-state index contributed by atoms with van der Waals surface area (Å²) in [5, 5.41) is 2.94. The van der Waals surface area contributed by atoms with Gasteiger partial charge in [0.05, 0.1) is 6.04 Å². The van der Waals surface area contributed by atoms with Gasteiger partial charge in [-0.25, -0.2) is 8.78 Å². The molecule has 1 fully saturated rings. The third kappa shape index (κ3) is 4.27. The van der Waals surface area contributed by atoms with Crippen molar-refractivity contribution in [2.75, 3.05) is 38.1 Å². The molecule has 154 valence electrons. The Morgan fingerprint density at radius 3 is 2.59 bits per heavy atom. The number of piperidine rings is 1. The van der Waals surface area contributed by atoms with Crippen molar-refractivity contribution >= 4 is 11.6 Å². The zero-order chi connectivity index (χ0) is 20.4. The van der Waals surface area contributed by atoms with E-state index in [1.807, 2.05) is 0 Å². The first-order valence-corrected chi connectivity index (χ1v) is 10.3. The van der Waals surface area contributed by atoms with Gasteiger partial charge >= 0.3 is 0 Å². The number of anilines is 1. The summed E-state index contributed by atoms with van der Waals surface area (Å²) >= 11 is 0. The number of halogens is 2. The van der Waals surface area contributed by atoms with Crippen molar-refractivity contribution in [2.45, 2.75) is 31.7 Å². The molecular formula is C23H27F2N3O. The second-order valence-corrected chi connectivity index (χ2v) is 8.01. The number of nitrogens with one attached hydrogen (secondary N) is 1. The van der Waals surface area contributed by atoms with Crippen LogP contribution in [0.4, 0.5) is 14.5 Å². The number of nitrogens with zero attached hydrogens (tertiary/aromatic N) is 2. The van der Waals surface area contributed by atoms with Crippen LogP contribution in [0.2, 0.25) is 0 Å². The Morgan fingerprint density at radius 1 is 1.03 bits per heavy atom. The molecule has 2 aliphatic rings. The molecule has 2 heterocycles. The molecule has 1 saturated heterocycles. The lowest BCUT2D eigenvalue weighted by Gasteiger charge is -2.35. The van der Waals surface area contributed by atoms with Gasteiger partial charge in [0.1, 0.15) is 0 Å². The van der Waals surface area contributed by atoms with Gasteiger partial charge < -0.3 is 10.2 Å². The fourth-order valence-electron chi connectivity index (χ4n) is 4.41. The molecule has 1 amide bonds. The van der Waals surface area contributed by atoms with E-state index >= 15 is 0 Å². The maximum atomic E-state index is 13.5. The number of likely N-dealkylation sites (N-methyl/N-ethyl adjacent to an activating group) is 1. The monoisotopic (exact) mass is 399 g/mol.